The number of hydrogen-bond donors (Lipinski definition) is 2. The number of carbonyl (C=O) groups is 2. The molecule has 0 heterocycles. The van der Waals surface area contributed by atoms with E-state index in [1.165, 1.54) is 0 Å². The van der Waals surface area contributed by atoms with E-state index in [4.69, 9.17) is 14.6 Å². The van der Waals surface area contributed by atoms with Crippen molar-refractivity contribution < 1.29 is 24.2 Å². The van der Waals surface area contributed by atoms with Crippen LogP contribution in [0.4, 0.5) is 5.69 Å². The van der Waals surface area contributed by atoms with Crippen molar-refractivity contribution in [3.05, 3.63) is 59.7 Å². The van der Waals surface area contributed by atoms with Crippen molar-refractivity contribution in [3.8, 4) is 5.75 Å². The van der Waals surface area contributed by atoms with E-state index in [1.54, 1.807) is 36.4 Å². The van der Waals surface area contributed by atoms with Gasteiger partial charge < -0.3 is 19.9 Å². The van der Waals surface area contributed by atoms with Gasteiger partial charge in [-0.15, -0.1) is 0 Å². The molecule has 0 fully saturated rings. The zero-order valence-electron chi connectivity index (χ0n) is 14.2. The predicted molar refractivity (Wildman–Crippen MR) is 93.9 cm³/mol. The average Bonchev–Trinajstić information content (AvgIpc) is 2.59. The van der Waals surface area contributed by atoms with Crippen molar-refractivity contribution in [2.24, 2.45) is 0 Å². The van der Waals surface area contributed by atoms with Crippen LogP contribution in [0.25, 0.3) is 0 Å². The maximum Gasteiger partial charge on any atom is 0.341 e. The van der Waals surface area contributed by atoms with Crippen LogP contribution in [-0.2, 0) is 16.1 Å². The molecule has 0 aromatic heterocycles. The highest BCUT2D eigenvalue weighted by Gasteiger charge is 2.07. The minimum atomic E-state index is -1.04. The first kappa shape index (κ1) is 18.5. The molecule has 0 aliphatic rings. The zero-order chi connectivity index (χ0) is 18.2. The summed E-state index contributed by atoms with van der Waals surface area (Å²) in [6, 6.07) is 13.7. The van der Waals surface area contributed by atoms with Gasteiger partial charge in [0.25, 0.3) is 5.91 Å². The third-order valence-corrected chi connectivity index (χ3v) is 3.27. The summed E-state index contributed by atoms with van der Waals surface area (Å²) in [6.07, 6.45) is 0.158. The fourth-order valence-electron chi connectivity index (χ4n) is 2.00. The molecule has 2 aromatic rings. The fourth-order valence-corrected chi connectivity index (χ4v) is 2.00. The van der Waals surface area contributed by atoms with E-state index in [9.17, 15) is 9.59 Å². The lowest BCUT2D eigenvalue weighted by atomic mass is 10.1. The minimum absolute atomic E-state index is 0.158. The highest BCUT2D eigenvalue weighted by Crippen LogP contribution is 2.17. The summed E-state index contributed by atoms with van der Waals surface area (Å²) in [7, 11) is 0. The van der Waals surface area contributed by atoms with Crippen LogP contribution in [0, 0.1) is 0 Å². The van der Waals surface area contributed by atoms with E-state index in [0.29, 0.717) is 23.6 Å². The Kier molecular flexibility index (Phi) is 6.54. The molecule has 0 radical (unpaired) electrons. The van der Waals surface area contributed by atoms with E-state index in [2.05, 4.69) is 5.32 Å². The summed E-state index contributed by atoms with van der Waals surface area (Å²) in [5.41, 5.74) is 2.14. The molecule has 25 heavy (non-hydrogen) atoms. The zero-order valence-corrected chi connectivity index (χ0v) is 14.2. The van der Waals surface area contributed by atoms with Crippen molar-refractivity contribution in [2.75, 3.05) is 11.9 Å². The number of ether oxygens (including phenoxy) is 2. The van der Waals surface area contributed by atoms with E-state index < -0.39 is 12.6 Å². The molecular formula is C19H21NO5. The summed E-state index contributed by atoms with van der Waals surface area (Å²) in [4.78, 5) is 22.7. The highest BCUT2D eigenvalue weighted by atomic mass is 16.5. The highest BCUT2D eigenvalue weighted by molar-refractivity contribution is 6.04. The van der Waals surface area contributed by atoms with Crippen LogP contribution in [0.5, 0.6) is 5.75 Å². The van der Waals surface area contributed by atoms with E-state index in [0.717, 1.165) is 5.56 Å². The van der Waals surface area contributed by atoms with Crippen molar-refractivity contribution in [3.63, 3.8) is 0 Å². The maximum absolute atomic E-state index is 12.2. The van der Waals surface area contributed by atoms with Crippen LogP contribution in [-0.4, -0.2) is 29.7 Å². The lowest BCUT2D eigenvalue weighted by molar-refractivity contribution is -0.139. The first-order valence-corrected chi connectivity index (χ1v) is 7.90. The Bertz CT molecular complexity index is 708. The number of aliphatic carboxylic acids is 1. The van der Waals surface area contributed by atoms with Gasteiger partial charge in [-0.2, -0.15) is 0 Å². The molecule has 0 atom stereocenters. The molecule has 6 heteroatoms. The van der Waals surface area contributed by atoms with E-state index >= 15 is 0 Å². The fraction of sp³-hybridized carbons (Fsp3) is 0.263. The molecule has 1 amide bonds. The SMILES string of the molecule is CC(C)OCc1ccc(C(=O)Nc2ccc(OCC(=O)O)cc2)cc1. The number of rotatable bonds is 8. The van der Waals surface area contributed by atoms with Gasteiger partial charge in [-0.1, -0.05) is 12.1 Å². The molecule has 0 spiro atoms. The van der Waals surface area contributed by atoms with Gasteiger partial charge in [-0.3, -0.25) is 4.79 Å². The Labute approximate surface area is 146 Å². The molecule has 0 aliphatic carbocycles. The van der Waals surface area contributed by atoms with Crippen LogP contribution in [0.2, 0.25) is 0 Å². The van der Waals surface area contributed by atoms with Crippen LogP contribution in [0.15, 0.2) is 48.5 Å². The predicted octanol–water partition coefficient (Wildman–Crippen LogP) is 3.33. The van der Waals surface area contributed by atoms with Gasteiger partial charge >= 0.3 is 5.97 Å². The molecule has 0 unspecified atom stereocenters. The lowest BCUT2D eigenvalue weighted by Crippen LogP contribution is -2.12. The van der Waals surface area contributed by atoms with Crippen LogP contribution >= 0.6 is 0 Å². The molecular weight excluding hydrogens is 322 g/mol. The minimum Gasteiger partial charge on any atom is -0.482 e. The number of amides is 1. The molecule has 2 aromatic carbocycles. The summed E-state index contributed by atoms with van der Waals surface area (Å²) in [5, 5.41) is 11.3. The Morgan fingerprint density at radius 2 is 1.68 bits per heavy atom. The summed E-state index contributed by atoms with van der Waals surface area (Å²) in [6.45, 7) is 4.05. The monoisotopic (exact) mass is 343 g/mol. The number of nitrogens with one attached hydrogen (secondary N) is 1. The summed E-state index contributed by atoms with van der Waals surface area (Å²) in [5.74, 6) is -0.843. The second kappa shape index (κ2) is 8.84. The van der Waals surface area contributed by atoms with Crippen molar-refractivity contribution in [2.45, 2.75) is 26.6 Å². The molecule has 2 rings (SSSR count). The number of carboxylic acid groups (broad SMARTS) is 1. The Morgan fingerprint density at radius 3 is 2.24 bits per heavy atom. The largest absolute Gasteiger partial charge is 0.482 e. The molecule has 0 saturated heterocycles. The van der Waals surface area contributed by atoms with Gasteiger partial charge in [-0.25, -0.2) is 4.79 Å². The van der Waals surface area contributed by atoms with Gasteiger partial charge in [0.2, 0.25) is 0 Å². The normalized spacial score (nSPS) is 10.5. The number of benzene rings is 2. The third-order valence-electron chi connectivity index (χ3n) is 3.27. The van der Waals surface area contributed by atoms with Crippen LogP contribution in [0.3, 0.4) is 0 Å². The summed E-state index contributed by atoms with van der Waals surface area (Å²) < 4.78 is 10.6. The standard InChI is InChI=1S/C19H21NO5/c1-13(2)24-11-14-3-5-15(6-4-14)19(23)20-16-7-9-17(10-8-16)25-12-18(21)22/h3-10,13H,11-12H2,1-2H3,(H,20,23)(H,21,22). The van der Waals surface area contributed by atoms with Crippen molar-refractivity contribution in [1.29, 1.82) is 0 Å². The topological polar surface area (TPSA) is 84.9 Å². The molecule has 6 nitrogen and oxygen atoms in total. The van der Waals surface area contributed by atoms with Gasteiger partial charge in [0.15, 0.2) is 6.61 Å². The molecule has 0 aliphatic heterocycles. The first-order valence-electron chi connectivity index (χ1n) is 7.90. The number of anilines is 1. The van der Waals surface area contributed by atoms with Gasteiger partial charge in [-0.05, 0) is 55.8 Å². The lowest BCUT2D eigenvalue weighted by Gasteiger charge is -2.09. The Balaban J connectivity index is 1.91. The van der Waals surface area contributed by atoms with Gasteiger partial charge in [0.1, 0.15) is 5.75 Å². The van der Waals surface area contributed by atoms with Crippen LogP contribution in [0.1, 0.15) is 29.8 Å². The second-order valence-corrected chi connectivity index (χ2v) is 5.72. The first-order chi connectivity index (χ1) is 11.9. The van der Waals surface area contributed by atoms with Crippen molar-refractivity contribution in [1.82, 2.24) is 0 Å². The van der Waals surface area contributed by atoms with Gasteiger partial charge in [0.05, 0.1) is 12.7 Å². The van der Waals surface area contributed by atoms with Crippen LogP contribution < -0.4 is 10.1 Å². The third kappa shape index (κ3) is 6.27. The molecule has 0 saturated carbocycles. The number of carboxylic acids is 1. The Morgan fingerprint density at radius 1 is 1.04 bits per heavy atom. The van der Waals surface area contributed by atoms with E-state index in [-0.39, 0.29) is 12.0 Å². The smallest absolute Gasteiger partial charge is 0.341 e. The quantitative estimate of drug-likeness (QED) is 0.768. The Hall–Kier alpha value is -2.86. The molecule has 0 bridgehead atoms. The number of carbonyl (C=O) groups excluding carboxylic acids is 1. The molecule has 2 N–H and O–H groups in total. The molecule has 132 valence electrons. The summed E-state index contributed by atoms with van der Waals surface area (Å²) >= 11 is 0. The van der Waals surface area contributed by atoms with Gasteiger partial charge in [0, 0.05) is 11.3 Å². The number of hydrogen-bond acceptors (Lipinski definition) is 4. The second-order valence-electron chi connectivity index (χ2n) is 5.72. The average molecular weight is 343 g/mol. The maximum atomic E-state index is 12.2. The van der Waals surface area contributed by atoms with E-state index in [1.807, 2.05) is 26.0 Å². The van der Waals surface area contributed by atoms with Crippen molar-refractivity contribution >= 4 is 17.6 Å².